The van der Waals surface area contributed by atoms with E-state index in [9.17, 15) is 12.8 Å². The molecule has 0 saturated heterocycles. The number of nitrogens with two attached hydrogens (primary N) is 1. The zero-order valence-electron chi connectivity index (χ0n) is 11.2. The number of halogens is 2. The first-order valence-corrected chi connectivity index (χ1v) is 8.40. The third kappa shape index (κ3) is 3.81. The summed E-state index contributed by atoms with van der Waals surface area (Å²) in [6, 6.07) is 12.6. The summed E-state index contributed by atoms with van der Waals surface area (Å²) in [4.78, 5) is 0.00304. The zero-order valence-corrected chi connectivity index (χ0v) is 12.7. The van der Waals surface area contributed by atoms with E-state index in [4.69, 9.17) is 17.3 Å². The van der Waals surface area contributed by atoms with Crippen LogP contribution in [0, 0.1) is 5.82 Å². The average Bonchev–Trinajstić information content (AvgIpc) is 2.48. The van der Waals surface area contributed by atoms with Gasteiger partial charge in [-0.05, 0) is 23.8 Å². The summed E-state index contributed by atoms with van der Waals surface area (Å²) in [5.74, 6) is -1.11. The highest BCUT2D eigenvalue weighted by Crippen LogP contribution is 2.24. The molecule has 0 radical (unpaired) electrons. The molecule has 0 aliphatic carbocycles. The predicted octanol–water partition coefficient (Wildman–Crippen LogP) is 3.00. The summed E-state index contributed by atoms with van der Waals surface area (Å²) >= 11 is 5.64. The molecule has 21 heavy (non-hydrogen) atoms. The maximum Gasteiger partial charge on any atom is 0.179 e. The lowest BCUT2D eigenvalue weighted by atomic mass is 10.0. The lowest BCUT2D eigenvalue weighted by Gasteiger charge is -2.15. The molecule has 2 aromatic carbocycles. The first-order chi connectivity index (χ1) is 9.94. The third-order valence-corrected chi connectivity index (χ3v) is 5.33. The lowest BCUT2D eigenvalue weighted by Crippen LogP contribution is -2.22. The number of sulfone groups is 1. The maximum absolute atomic E-state index is 13.1. The molecular weight excluding hydrogens is 313 g/mol. The van der Waals surface area contributed by atoms with Crippen LogP contribution in [0.5, 0.6) is 0 Å². The van der Waals surface area contributed by atoms with Gasteiger partial charge in [0.05, 0.1) is 15.7 Å². The Bertz CT molecular complexity index is 720. The van der Waals surface area contributed by atoms with Crippen LogP contribution in [0.15, 0.2) is 53.4 Å². The van der Waals surface area contributed by atoms with E-state index in [2.05, 4.69) is 0 Å². The summed E-state index contributed by atoms with van der Waals surface area (Å²) < 4.78 is 37.9. The van der Waals surface area contributed by atoms with Gasteiger partial charge in [0.1, 0.15) is 5.82 Å². The Labute approximate surface area is 128 Å². The van der Waals surface area contributed by atoms with Crippen molar-refractivity contribution in [3.05, 3.63) is 64.9 Å². The minimum absolute atomic E-state index is 0.00304. The molecule has 0 aliphatic heterocycles. The van der Waals surface area contributed by atoms with Crippen LogP contribution in [0.3, 0.4) is 0 Å². The summed E-state index contributed by atoms with van der Waals surface area (Å²) in [5.41, 5.74) is 6.55. The number of benzene rings is 2. The fraction of sp³-hybridized carbons (Fsp3) is 0.200. The van der Waals surface area contributed by atoms with Gasteiger partial charge >= 0.3 is 0 Å². The van der Waals surface area contributed by atoms with Gasteiger partial charge < -0.3 is 5.73 Å². The van der Waals surface area contributed by atoms with Crippen LogP contribution in [0.1, 0.15) is 11.5 Å². The van der Waals surface area contributed by atoms with Gasteiger partial charge in [-0.1, -0.05) is 41.9 Å². The Kier molecular flexibility index (Phi) is 4.98. The third-order valence-electron chi connectivity index (χ3n) is 3.23. The fourth-order valence-electron chi connectivity index (χ4n) is 2.06. The van der Waals surface area contributed by atoms with E-state index in [0.29, 0.717) is 0 Å². The second-order valence-corrected chi connectivity index (χ2v) is 7.14. The van der Waals surface area contributed by atoms with Crippen molar-refractivity contribution in [1.82, 2.24) is 0 Å². The van der Waals surface area contributed by atoms with Crippen LogP contribution in [0.2, 0.25) is 5.02 Å². The molecule has 6 heteroatoms. The average molecular weight is 328 g/mol. The molecule has 1 unspecified atom stereocenters. The van der Waals surface area contributed by atoms with Gasteiger partial charge in [0, 0.05) is 12.5 Å². The minimum Gasteiger partial charge on any atom is -0.330 e. The second kappa shape index (κ2) is 6.56. The summed E-state index contributed by atoms with van der Waals surface area (Å²) in [6.07, 6.45) is 0. The number of hydrogen-bond donors (Lipinski definition) is 1. The predicted molar refractivity (Wildman–Crippen MR) is 81.7 cm³/mol. The molecule has 112 valence electrons. The molecular formula is C15H15ClFNO2S. The van der Waals surface area contributed by atoms with E-state index in [0.717, 1.165) is 17.7 Å². The molecule has 0 spiro atoms. The van der Waals surface area contributed by atoms with E-state index in [1.54, 1.807) is 0 Å². The van der Waals surface area contributed by atoms with Crippen molar-refractivity contribution in [1.29, 1.82) is 0 Å². The Hall–Kier alpha value is -1.43. The molecule has 2 aromatic rings. The van der Waals surface area contributed by atoms with Gasteiger partial charge in [-0.15, -0.1) is 0 Å². The smallest absolute Gasteiger partial charge is 0.179 e. The second-order valence-electron chi connectivity index (χ2n) is 4.70. The van der Waals surface area contributed by atoms with Gasteiger partial charge in [0.2, 0.25) is 0 Å². The van der Waals surface area contributed by atoms with Crippen molar-refractivity contribution in [3.63, 3.8) is 0 Å². The number of hydrogen-bond acceptors (Lipinski definition) is 3. The molecule has 2 rings (SSSR count). The van der Waals surface area contributed by atoms with Gasteiger partial charge in [-0.25, -0.2) is 12.8 Å². The summed E-state index contributed by atoms with van der Waals surface area (Å²) in [7, 11) is -3.59. The highest BCUT2D eigenvalue weighted by atomic mass is 35.5. The van der Waals surface area contributed by atoms with Crippen LogP contribution in [-0.2, 0) is 9.84 Å². The van der Waals surface area contributed by atoms with Crippen LogP contribution < -0.4 is 5.73 Å². The molecule has 3 nitrogen and oxygen atoms in total. The fourth-order valence-corrected chi connectivity index (χ4v) is 3.93. The van der Waals surface area contributed by atoms with Crippen molar-refractivity contribution >= 4 is 21.4 Å². The van der Waals surface area contributed by atoms with Crippen LogP contribution >= 0.6 is 11.6 Å². The van der Waals surface area contributed by atoms with Crippen molar-refractivity contribution in [2.75, 3.05) is 12.3 Å². The first-order valence-electron chi connectivity index (χ1n) is 6.37. The topological polar surface area (TPSA) is 60.2 Å². The highest BCUT2D eigenvalue weighted by molar-refractivity contribution is 7.91. The molecule has 0 aromatic heterocycles. The van der Waals surface area contributed by atoms with Gasteiger partial charge in [-0.2, -0.15) is 0 Å². The first kappa shape index (κ1) is 15.9. The molecule has 1 atom stereocenters. The van der Waals surface area contributed by atoms with Gasteiger partial charge in [0.25, 0.3) is 0 Å². The van der Waals surface area contributed by atoms with Crippen molar-refractivity contribution in [2.24, 2.45) is 5.73 Å². The van der Waals surface area contributed by atoms with Crippen molar-refractivity contribution in [3.8, 4) is 0 Å². The van der Waals surface area contributed by atoms with E-state index in [1.165, 1.54) is 6.07 Å². The molecule has 0 amide bonds. The Morgan fingerprint density at radius 2 is 1.81 bits per heavy atom. The quantitative estimate of drug-likeness (QED) is 0.859. The van der Waals surface area contributed by atoms with E-state index >= 15 is 0 Å². The van der Waals surface area contributed by atoms with Crippen LogP contribution in [0.25, 0.3) is 0 Å². The maximum atomic E-state index is 13.1. The molecule has 0 bridgehead atoms. The summed E-state index contributed by atoms with van der Waals surface area (Å²) in [6.45, 7) is 0.207. The molecule has 0 heterocycles. The standard InChI is InChI=1S/C15H15ClFNO2S/c16-14-8-13(6-7-15(14)17)21(19,20)10-12(9-18)11-4-2-1-3-5-11/h1-8,12H,9-10,18H2. The Morgan fingerprint density at radius 3 is 2.38 bits per heavy atom. The Balaban J connectivity index is 2.29. The SMILES string of the molecule is NCC(CS(=O)(=O)c1ccc(F)c(Cl)c1)c1ccccc1. The number of rotatable bonds is 5. The van der Waals surface area contributed by atoms with Crippen LogP contribution in [0.4, 0.5) is 4.39 Å². The van der Waals surface area contributed by atoms with E-state index < -0.39 is 15.7 Å². The summed E-state index contributed by atoms with van der Waals surface area (Å²) in [5, 5.41) is -0.208. The highest BCUT2D eigenvalue weighted by Gasteiger charge is 2.22. The van der Waals surface area contributed by atoms with Crippen molar-refractivity contribution in [2.45, 2.75) is 10.8 Å². The monoisotopic (exact) mass is 327 g/mol. The normalized spacial score (nSPS) is 13.1. The van der Waals surface area contributed by atoms with E-state index in [1.807, 2.05) is 30.3 Å². The van der Waals surface area contributed by atoms with E-state index in [-0.39, 0.29) is 28.1 Å². The minimum atomic E-state index is -3.59. The van der Waals surface area contributed by atoms with Crippen LogP contribution in [-0.4, -0.2) is 20.7 Å². The molecule has 0 saturated carbocycles. The van der Waals surface area contributed by atoms with Gasteiger partial charge in [-0.3, -0.25) is 0 Å². The molecule has 0 aliphatic rings. The van der Waals surface area contributed by atoms with Crippen molar-refractivity contribution < 1.29 is 12.8 Å². The lowest BCUT2D eigenvalue weighted by molar-refractivity contribution is 0.586. The molecule has 0 fully saturated rings. The zero-order chi connectivity index (χ0) is 15.5. The largest absolute Gasteiger partial charge is 0.330 e. The Morgan fingerprint density at radius 1 is 1.14 bits per heavy atom. The van der Waals surface area contributed by atoms with Gasteiger partial charge in [0.15, 0.2) is 9.84 Å². The molecule has 2 N–H and O–H groups in total.